The zero-order valence-corrected chi connectivity index (χ0v) is 7.51. The second-order valence-electron chi connectivity index (χ2n) is 2.12. The number of hydrazine groups is 1. The van der Waals surface area contributed by atoms with E-state index in [2.05, 4.69) is 5.43 Å². The Bertz CT molecular complexity index is 77.7. The maximum Gasteiger partial charge on any atom is 0.122 e. The molecule has 1 N–H and O–H groups in total. The van der Waals surface area contributed by atoms with Gasteiger partial charge in [-0.05, 0) is 13.8 Å². The van der Waals surface area contributed by atoms with Crippen molar-refractivity contribution in [2.75, 3.05) is 7.05 Å². The first-order valence-electron chi connectivity index (χ1n) is 3.84. The number of ether oxygens (including phenoxy) is 1. The Morgan fingerprint density at radius 3 is 1.90 bits per heavy atom. The molecule has 10 heavy (non-hydrogen) atoms. The molecule has 1 aliphatic rings. The Morgan fingerprint density at radius 2 is 1.80 bits per heavy atom. The van der Waals surface area contributed by atoms with Crippen LogP contribution in [0.1, 0.15) is 27.7 Å². The van der Waals surface area contributed by atoms with Gasteiger partial charge in [-0.2, -0.15) is 0 Å². The summed E-state index contributed by atoms with van der Waals surface area (Å²) < 4.78 is 5.29. The van der Waals surface area contributed by atoms with Crippen molar-refractivity contribution in [2.24, 2.45) is 0 Å². The van der Waals surface area contributed by atoms with E-state index in [-0.39, 0.29) is 12.5 Å². The van der Waals surface area contributed by atoms with Crippen LogP contribution >= 0.6 is 0 Å². The topological polar surface area (TPSA) is 24.5 Å². The molecule has 62 valence electrons. The van der Waals surface area contributed by atoms with Gasteiger partial charge in [0.15, 0.2) is 0 Å². The fraction of sp³-hybridized carbons (Fsp3) is 1.00. The van der Waals surface area contributed by atoms with E-state index in [0.29, 0.717) is 0 Å². The summed E-state index contributed by atoms with van der Waals surface area (Å²) in [6.07, 6.45) is 0.389. The zero-order chi connectivity index (χ0) is 8.15. The first-order valence-corrected chi connectivity index (χ1v) is 3.84. The van der Waals surface area contributed by atoms with Crippen molar-refractivity contribution in [1.82, 2.24) is 10.4 Å². The standard InChI is InChI=1S/C5H12N2O.C2H6/c1-4-6-7(3)5(2)8-4;1-2/h4-6H,1-3H3;1-2H3. The Morgan fingerprint density at radius 1 is 1.30 bits per heavy atom. The normalized spacial score (nSPS) is 33.3. The van der Waals surface area contributed by atoms with Crippen LogP contribution in [0.15, 0.2) is 0 Å². The summed E-state index contributed by atoms with van der Waals surface area (Å²) in [7, 11) is 1.97. The average Bonchev–Trinajstić information content (AvgIpc) is 2.16. The fourth-order valence-corrected chi connectivity index (χ4v) is 0.809. The maximum atomic E-state index is 5.29. The highest BCUT2D eigenvalue weighted by molar-refractivity contribution is 4.57. The smallest absolute Gasteiger partial charge is 0.122 e. The lowest BCUT2D eigenvalue weighted by Crippen LogP contribution is -2.33. The first-order chi connectivity index (χ1) is 4.70. The zero-order valence-electron chi connectivity index (χ0n) is 7.51. The highest BCUT2D eigenvalue weighted by Crippen LogP contribution is 2.05. The quantitative estimate of drug-likeness (QED) is 0.555. The van der Waals surface area contributed by atoms with Gasteiger partial charge in [0, 0.05) is 7.05 Å². The Kier molecular flexibility index (Phi) is 4.60. The van der Waals surface area contributed by atoms with Gasteiger partial charge < -0.3 is 4.74 Å². The van der Waals surface area contributed by atoms with Crippen LogP contribution < -0.4 is 5.43 Å². The molecule has 0 aromatic heterocycles. The van der Waals surface area contributed by atoms with Crippen LogP contribution in [-0.4, -0.2) is 24.5 Å². The van der Waals surface area contributed by atoms with Gasteiger partial charge in [0.05, 0.1) is 0 Å². The lowest BCUT2D eigenvalue weighted by atomic mass is 10.6. The van der Waals surface area contributed by atoms with Gasteiger partial charge >= 0.3 is 0 Å². The van der Waals surface area contributed by atoms with Crippen molar-refractivity contribution in [3.05, 3.63) is 0 Å². The van der Waals surface area contributed by atoms with Crippen LogP contribution in [0, 0.1) is 0 Å². The molecule has 0 radical (unpaired) electrons. The molecule has 1 saturated heterocycles. The van der Waals surface area contributed by atoms with Gasteiger partial charge in [-0.3, -0.25) is 0 Å². The molecule has 1 rings (SSSR count). The van der Waals surface area contributed by atoms with Gasteiger partial charge in [0.2, 0.25) is 0 Å². The largest absolute Gasteiger partial charge is 0.343 e. The van der Waals surface area contributed by atoms with Crippen LogP contribution in [0.2, 0.25) is 0 Å². The number of hydrogen-bond donors (Lipinski definition) is 1. The highest BCUT2D eigenvalue weighted by Gasteiger charge is 2.21. The summed E-state index contributed by atoms with van der Waals surface area (Å²) in [6.45, 7) is 8.00. The van der Waals surface area contributed by atoms with Crippen LogP contribution in [0.25, 0.3) is 0 Å². The van der Waals surface area contributed by atoms with E-state index in [1.807, 2.05) is 39.8 Å². The van der Waals surface area contributed by atoms with Gasteiger partial charge in [0.25, 0.3) is 0 Å². The molecule has 1 heterocycles. The van der Waals surface area contributed by atoms with E-state index in [0.717, 1.165) is 0 Å². The molecule has 3 nitrogen and oxygen atoms in total. The molecule has 0 amide bonds. The molecule has 0 saturated carbocycles. The summed E-state index contributed by atoms with van der Waals surface area (Å²) in [5.74, 6) is 0. The lowest BCUT2D eigenvalue weighted by Gasteiger charge is -2.09. The number of nitrogens with one attached hydrogen (secondary N) is 1. The molecule has 1 fully saturated rings. The maximum absolute atomic E-state index is 5.29. The molecule has 3 heteroatoms. The Labute approximate surface area is 63.3 Å². The summed E-state index contributed by atoms with van der Waals surface area (Å²) in [6, 6.07) is 0. The van der Waals surface area contributed by atoms with E-state index in [1.165, 1.54) is 0 Å². The highest BCUT2D eigenvalue weighted by atomic mass is 16.6. The van der Waals surface area contributed by atoms with Gasteiger partial charge in [-0.15, -0.1) is 0 Å². The van der Waals surface area contributed by atoms with Crippen LogP contribution in [0.3, 0.4) is 0 Å². The Hall–Kier alpha value is -0.120. The molecule has 0 aromatic rings. The monoisotopic (exact) mass is 146 g/mol. The van der Waals surface area contributed by atoms with Gasteiger partial charge in [-0.25, -0.2) is 10.4 Å². The van der Waals surface area contributed by atoms with Crippen molar-refractivity contribution < 1.29 is 4.74 Å². The third-order valence-corrected chi connectivity index (χ3v) is 1.33. The van der Waals surface area contributed by atoms with E-state index >= 15 is 0 Å². The minimum absolute atomic E-state index is 0.176. The third-order valence-electron chi connectivity index (χ3n) is 1.33. The van der Waals surface area contributed by atoms with E-state index in [4.69, 9.17) is 4.74 Å². The number of hydrogen-bond acceptors (Lipinski definition) is 3. The molecular formula is C7H18N2O. The van der Waals surface area contributed by atoms with Gasteiger partial charge in [0.1, 0.15) is 12.5 Å². The minimum atomic E-state index is 0.176. The second-order valence-corrected chi connectivity index (χ2v) is 2.12. The predicted octanol–water partition coefficient (Wildman–Crippen LogP) is 1.17. The minimum Gasteiger partial charge on any atom is -0.343 e. The molecule has 2 unspecified atom stereocenters. The van der Waals surface area contributed by atoms with Crippen molar-refractivity contribution >= 4 is 0 Å². The predicted molar refractivity (Wildman–Crippen MR) is 42.3 cm³/mol. The number of rotatable bonds is 0. The average molecular weight is 146 g/mol. The summed E-state index contributed by atoms with van der Waals surface area (Å²) in [5.41, 5.74) is 3.08. The van der Waals surface area contributed by atoms with Crippen molar-refractivity contribution in [1.29, 1.82) is 0 Å². The van der Waals surface area contributed by atoms with Crippen molar-refractivity contribution in [2.45, 2.75) is 40.2 Å². The third kappa shape index (κ3) is 2.64. The second kappa shape index (κ2) is 4.66. The van der Waals surface area contributed by atoms with Crippen LogP contribution in [0.4, 0.5) is 0 Å². The lowest BCUT2D eigenvalue weighted by molar-refractivity contribution is 0.0287. The van der Waals surface area contributed by atoms with E-state index < -0.39 is 0 Å². The molecule has 2 atom stereocenters. The van der Waals surface area contributed by atoms with Crippen LogP contribution in [-0.2, 0) is 4.74 Å². The molecule has 1 aliphatic heterocycles. The molecular weight excluding hydrogens is 128 g/mol. The van der Waals surface area contributed by atoms with Crippen molar-refractivity contribution in [3.8, 4) is 0 Å². The molecule has 0 bridgehead atoms. The van der Waals surface area contributed by atoms with Gasteiger partial charge in [-0.1, -0.05) is 13.8 Å². The summed E-state index contributed by atoms with van der Waals surface area (Å²) >= 11 is 0. The molecule has 0 aromatic carbocycles. The van der Waals surface area contributed by atoms with Crippen LogP contribution in [0.5, 0.6) is 0 Å². The summed E-state index contributed by atoms with van der Waals surface area (Å²) in [4.78, 5) is 0. The van der Waals surface area contributed by atoms with E-state index in [1.54, 1.807) is 0 Å². The van der Waals surface area contributed by atoms with Crippen molar-refractivity contribution in [3.63, 3.8) is 0 Å². The first kappa shape index (κ1) is 9.88. The number of nitrogens with zero attached hydrogens (tertiary/aromatic N) is 1. The molecule has 0 aliphatic carbocycles. The Balaban J connectivity index is 0.000000371. The molecule has 0 spiro atoms. The fourth-order valence-electron chi connectivity index (χ4n) is 0.809. The summed E-state index contributed by atoms with van der Waals surface area (Å²) in [5, 5.41) is 1.95. The SMILES string of the molecule is CC.CC1NN(C)C(C)O1. The van der Waals surface area contributed by atoms with E-state index in [9.17, 15) is 0 Å².